The van der Waals surface area contributed by atoms with Crippen molar-refractivity contribution in [2.45, 2.75) is 33.6 Å². The van der Waals surface area contributed by atoms with Gasteiger partial charge in [-0.2, -0.15) is 9.61 Å². The maximum absolute atomic E-state index is 5.86. The van der Waals surface area contributed by atoms with Crippen molar-refractivity contribution in [3.63, 3.8) is 0 Å². The molecule has 0 aliphatic rings. The highest BCUT2D eigenvalue weighted by Crippen LogP contribution is 2.39. The molecule has 0 radical (unpaired) electrons. The van der Waals surface area contributed by atoms with Gasteiger partial charge in [-0.05, 0) is 47.8 Å². The number of aromatic nitrogens is 3. The maximum atomic E-state index is 5.86. The quantitative estimate of drug-likeness (QED) is 0.552. The molecule has 5 nitrogen and oxygen atoms in total. The second-order valence-electron chi connectivity index (χ2n) is 5.25. The number of fused-ring (bicyclic) bond motifs is 1. The number of hydrogen-bond acceptors (Lipinski definition) is 5. The average Bonchev–Trinajstić information content (AvgIpc) is 3.13. The van der Waals surface area contributed by atoms with Crippen LogP contribution in [0.5, 0.6) is 11.5 Å². The first-order valence-electron chi connectivity index (χ1n) is 8.10. The Morgan fingerprint density at radius 3 is 2.54 bits per heavy atom. The topological polar surface area (TPSA) is 48.7 Å². The summed E-state index contributed by atoms with van der Waals surface area (Å²) in [5.74, 6) is 1.70. The van der Waals surface area contributed by atoms with Crippen LogP contribution >= 0.6 is 27.3 Å². The van der Waals surface area contributed by atoms with E-state index in [1.807, 2.05) is 19.9 Å². The van der Waals surface area contributed by atoms with Gasteiger partial charge >= 0.3 is 0 Å². The van der Waals surface area contributed by atoms with Crippen LogP contribution in [0.1, 0.15) is 32.8 Å². The van der Waals surface area contributed by atoms with Crippen molar-refractivity contribution in [3.05, 3.63) is 28.5 Å². The molecule has 0 spiro atoms. The van der Waals surface area contributed by atoms with Gasteiger partial charge in [-0.3, -0.25) is 0 Å². The van der Waals surface area contributed by atoms with Gasteiger partial charge < -0.3 is 9.47 Å². The number of rotatable bonds is 7. The van der Waals surface area contributed by atoms with Crippen LogP contribution in [-0.2, 0) is 6.42 Å². The Kier molecular flexibility index (Phi) is 5.40. The molecule has 2 aromatic heterocycles. The monoisotopic (exact) mass is 409 g/mol. The molecule has 0 atom stereocenters. The van der Waals surface area contributed by atoms with Crippen molar-refractivity contribution in [1.29, 1.82) is 0 Å². The first kappa shape index (κ1) is 17.2. The molecule has 0 aliphatic heterocycles. The first-order valence-corrected chi connectivity index (χ1v) is 9.71. The molecule has 0 aliphatic carbocycles. The predicted octanol–water partition coefficient (Wildman–Crippen LogP) is 4.97. The lowest BCUT2D eigenvalue weighted by molar-refractivity contribution is 0.321. The minimum atomic E-state index is 0.595. The fourth-order valence-corrected chi connectivity index (χ4v) is 3.94. The summed E-state index contributed by atoms with van der Waals surface area (Å²) >= 11 is 5.01. The highest BCUT2D eigenvalue weighted by Gasteiger charge is 2.18. The largest absolute Gasteiger partial charge is 0.493 e. The van der Waals surface area contributed by atoms with Crippen LogP contribution in [0.25, 0.3) is 15.5 Å². The maximum Gasteiger partial charge on any atom is 0.213 e. The van der Waals surface area contributed by atoms with Crippen LogP contribution in [-0.4, -0.2) is 27.8 Å². The molecule has 128 valence electrons. The van der Waals surface area contributed by atoms with E-state index in [-0.39, 0.29) is 0 Å². The van der Waals surface area contributed by atoms with Gasteiger partial charge in [0.05, 0.1) is 25.0 Å². The molecule has 0 amide bonds. The summed E-state index contributed by atoms with van der Waals surface area (Å²) in [6.45, 7) is 7.38. The van der Waals surface area contributed by atoms with E-state index in [0.29, 0.717) is 13.2 Å². The molecule has 0 unspecified atom stereocenters. The van der Waals surface area contributed by atoms with E-state index < -0.39 is 0 Å². The number of hydrogen-bond donors (Lipinski definition) is 0. The van der Waals surface area contributed by atoms with Crippen molar-refractivity contribution in [2.24, 2.45) is 0 Å². The third kappa shape index (κ3) is 3.28. The van der Waals surface area contributed by atoms with Gasteiger partial charge in [0.2, 0.25) is 4.96 Å². The van der Waals surface area contributed by atoms with Crippen LogP contribution in [0, 0.1) is 0 Å². The second kappa shape index (κ2) is 7.53. The van der Waals surface area contributed by atoms with Gasteiger partial charge in [0, 0.05) is 6.07 Å². The van der Waals surface area contributed by atoms with Gasteiger partial charge in [0.15, 0.2) is 5.01 Å². The van der Waals surface area contributed by atoms with E-state index in [0.717, 1.165) is 44.5 Å². The Balaban J connectivity index is 2.14. The summed E-state index contributed by atoms with van der Waals surface area (Å²) in [4.78, 5) is 5.20. The summed E-state index contributed by atoms with van der Waals surface area (Å²) in [6.07, 6.45) is 3.77. The minimum absolute atomic E-state index is 0.595. The van der Waals surface area contributed by atoms with Crippen LogP contribution in [0.15, 0.2) is 22.9 Å². The van der Waals surface area contributed by atoms with Crippen LogP contribution in [0.3, 0.4) is 0 Å². The van der Waals surface area contributed by atoms with E-state index in [2.05, 4.69) is 39.0 Å². The van der Waals surface area contributed by atoms with E-state index >= 15 is 0 Å². The zero-order valence-corrected chi connectivity index (χ0v) is 16.4. The molecule has 0 saturated carbocycles. The molecular formula is C17H20BrN3O2S. The molecule has 7 heteroatoms. The average molecular weight is 410 g/mol. The molecule has 0 bridgehead atoms. The van der Waals surface area contributed by atoms with Crippen molar-refractivity contribution in [3.8, 4) is 22.1 Å². The number of imidazole rings is 1. The molecule has 1 aromatic carbocycles. The van der Waals surface area contributed by atoms with Crippen LogP contribution in [0.4, 0.5) is 0 Å². The minimum Gasteiger partial charge on any atom is -0.493 e. The number of ether oxygens (including phenoxy) is 2. The molecule has 3 aromatic rings. The number of benzene rings is 1. The number of halogens is 1. The van der Waals surface area contributed by atoms with Gasteiger partial charge in [-0.1, -0.05) is 24.7 Å². The van der Waals surface area contributed by atoms with E-state index in [1.54, 1.807) is 22.0 Å². The predicted molar refractivity (Wildman–Crippen MR) is 100 cm³/mol. The summed E-state index contributed by atoms with van der Waals surface area (Å²) in [7, 11) is 0. The Morgan fingerprint density at radius 2 is 1.88 bits per heavy atom. The van der Waals surface area contributed by atoms with Gasteiger partial charge in [0.25, 0.3) is 0 Å². The first-order chi connectivity index (χ1) is 11.7. The zero-order chi connectivity index (χ0) is 17.1. The fraction of sp³-hybridized carbons (Fsp3) is 0.412. The molecule has 3 rings (SSSR count). The number of nitrogens with zero attached hydrogens (tertiary/aromatic N) is 3. The molecule has 2 heterocycles. The highest BCUT2D eigenvalue weighted by molar-refractivity contribution is 9.10. The van der Waals surface area contributed by atoms with Gasteiger partial charge in [-0.25, -0.2) is 4.98 Å². The second-order valence-corrected chi connectivity index (χ2v) is 7.02. The normalized spacial score (nSPS) is 11.2. The Hall–Kier alpha value is -1.60. The Labute approximate surface area is 153 Å². The summed E-state index contributed by atoms with van der Waals surface area (Å²) in [6, 6.07) is 4.14. The zero-order valence-electron chi connectivity index (χ0n) is 14.0. The van der Waals surface area contributed by atoms with E-state index in [1.165, 1.54) is 5.56 Å². The van der Waals surface area contributed by atoms with E-state index in [9.17, 15) is 0 Å². The fourth-order valence-electron chi connectivity index (χ4n) is 2.58. The van der Waals surface area contributed by atoms with Gasteiger partial charge in [-0.15, -0.1) is 0 Å². The lowest BCUT2D eigenvalue weighted by Crippen LogP contribution is -2.01. The molecule has 0 N–H and O–H groups in total. The molecule has 0 saturated heterocycles. The SMILES string of the molecule is CCCc1cc(-c2nn3c(Br)cnc3s2)c(OCC)cc1OCC. The van der Waals surface area contributed by atoms with Crippen molar-refractivity contribution < 1.29 is 9.47 Å². The molecular weight excluding hydrogens is 390 g/mol. The van der Waals surface area contributed by atoms with Crippen molar-refractivity contribution >= 4 is 32.2 Å². The van der Waals surface area contributed by atoms with Crippen molar-refractivity contribution in [2.75, 3.05) is 13.2 Å². The number of aryl methyl sites for hydroxylation is 1. The van der Waals surface area contributed by atoms with Crippen LogP contribution in [0.2, 0.25) is 0 Å². The van der Waals surface area contributed by atoms with Crippen molar-refractivity contribution in [1.82, 2.24) is 14.6 Å². The summed E-state index contributed by atoms with van der Waals surface area (Å²) < 4.78 is 14.3. The lowest BCUT2D eigenvalue weighted by atomic mass is 10.0. The standard InChI is InChI=1S/C17H20BrN3O2S/c1-4-7-11-8-12(14(23-6-3)9-13(11)22-5-2)16-20-21-15(18)10-19-17(21)24-16/h8-10H,4-7H2,1-3H3. The highest BCUT2D eigenvalue weighted by atomic mass is 79.9. The van der Waals surface area contributed by atoms with Gasteiger partial charge in [0.1, 0.15) is 16.1 Å². The third-order valence-electron chi connectivity index (χ3n) is 3.56. The summed E-state index contributed by atoms with van der Waals surface area (Å²) in [5, 5.41) is 5.56. The Bertz CT molecular complexity index is 844. The molecule has 24 heavy (non-hydrogen) atoms. The third-order valence-corrected chi connectivity index (χ3v) is 5.05. The van der Waals surface area contributed by atoms with E-state index in [4.69, 9.17) is 9.47 Å². The lowest BCUT2D eigenvalue weighted by Gasteiger charge is -2.15. The summed E-state index contributed by atoms with van der Waals surface area (Å²) in [5.41, 5.74) is 2.18. The smallest absolute Gasteiger partial charge is 0.213 e. The molecule has 0 fully saturated rings. The van der Waals surface area contributed by atoms with Crippen LogP contribution < -0.4 is 9.47 Å². The Morgan fingerprint density at radius 1 is 1.12 bits per heavy atom.